The van der Waals surface area contributed by atoms with Crippen molar-refractivity contribution in [3.63, 3.8) is 0 Å². The third-order valence-electron chi connectivity index (χ3n) is 3.36. The lowest BCUT2D eigenvalue weighted by atomic mass is 10.1. The Balaban J connectivity index is 2.59. The van der Waals surface area contributed by atoms with Gasteiger partial charge in [-0.15, -0.1) is 0 Å². The van der Waals surface area contributed by atoms with Crippen molar-refractivity contribution in [2.75, 3.05) is 6.26 Å². The van der Waals surface area contributed by atoms with Gasteiger partial charge in [-0.05, 0) is 24.5 Å². The summed E-state index contributed by atoms with van der Waals surface area (Å²) in [6.45, 7) is 9.45. The summed E-state index contributed by atoms with van der Waals surface area (Å²) in [6, 6.07) is 0. The molecule has 60 valence electrons. The SMILES string of the molecule is CSSC1(C)C(C)C1(C)C. The maximum absolute atomic E-state index is 2.37. The summed E-state index contributed by atoms with van der Waals surface area (Å²) in [5.41, 5.74) is 0.556. The molecule has 2 unspecified atom stereocenters. The molecule has 0 aromatic heterocycles. The summed E-state index contributed by atoms with van der Waals surface area (Å²) >= 11 is 0. The second kappa shape index (κ2) is 2.34. The molecule has 2 atom stereocenters. The van der Waals surface area contributed by atoms with Gasteiger partial charge in [0.2, 0.25) is 0 Å². The highest BCUT2D eigenvalue weighted by molar-refractivity contribution is 8.77. The lowest BCUT2D eigenvalue weighted by Crippen LogP contribution is -2.03. The Bertz CT molecular complexity index is 142. The van der Waals surface area contributed by atoms with Gasteiger partial charge in [0.05, 0.1) is 0 Å². The van der Waals surface area contributed by atoms with Crippen LogP contribution in [0.15, 0.2) is 0 Å². The molecule has 1 rings (SSSR count). The summed E-state index contributed by atoms with van der Waals surface area (Å²) in [5, 5.41) is 0. The molecule has 1 fully saturated rings. The molecule has 0 bridgehead atoms. The molecule has 1 aliphatic rings. The van der Waals surface area contributed by atoms with E-state index in [1.54, 1.807) is 0 Å². The van der Waals surface area contributed by atoms with Gasteiger partial charge in [0.1, 0.15) is 0 Å². The molecule has 1 aliphatic carbocycles. The van der Waals surface area contributed by atoms with Crippen LogP contribution >= 0.6 is 21.6 Å². The molecule has 0 aliphatic heterocycles. The number of hydrogen-bond acceptors (Lipinski definition) is 2. The van der Waals surface area contributed by atoms with E-state index in [1.165, 1.54) is 0 Å². The maximum atomic E-state index is 2.37. The normalized spacial score (nSPS) is 43.5. The van der Waals surface area contributed by atoms with Crippen molar-refractivity contribution >= 4 is 21.6 Å². The second-order valence-corrected chi connectivity index (χ2v) is 6.65. The summed E-state index contributed by atoms with van der Waals surface area (Å²) < 4.78 is 0.534. The number of hydrogen-bond donors (Lipinski definition) is 0. The van der Waals surface area contributed by atoms with Gasteiger partial charge in [-0.3, -0.25) is 0 Å². The Hall–Kier alpha value is 0.700. The first-order chi connectivity index (χ1) is 4.47. The van der Waals surface area contributed by atoms with Crippen molar-refractivity contribution in [1.29, 1.82) is 0 Å². The first-order valence-corrected chi connectivity index (χ1v) is 6.24. The fourth-order valence-corrected chi connectivity index (χ4v) is 4.81. The van der Waals surface area contributed by atoms with Crippen molar-refractivity contribution in [3.05, 3.63) is 0 Å². The van der Waals surface area contributed by atoms with Gasteiger partial charge >= 0.3 is 0 Å². The van der Waals surface area contributed by atoms with Crippen LogP contribution in [0.1, 0.15) is 27.7 Å². The van der Waals surface area contributed by atoms with Crippen LogP contribution in [0.2, 0.25) is 0 Å². The Labute approximate surface area is 71.9 Å². The minimum absolute atomic E-state index is 0.534. The highest BCUT2D eigenvalue weighted by Gasteiger charge is 2.65. The van der Waals surface area contributed by atoms with Crippen molar-refractivity contribution < 1.29 is 0 Å². The monoisotopic (exact) mass is 176 g/mol. The Morgan fingerprint density at radius 2 is 1.60 bits per heavy atom. The molecule has 0 aromatic rings. The van der Waals surface area contributed by atoms with Gasteiger partial charge in [0.15, 0.2) is 0 Å². The average molecular weight is 176 g/mol. The summed E-state index contributed by atoms with van der Waals surface area (Å²) in [4.78, 5) is 0. The van der Waals surface area contributed by atoms with Gasteiger partial charge in [-0.2, -0.15) is 0 Å². The molecule has 0 amide bonds. The molecule has 0 heterocycles. The predicted molar refractivity (Wildman–Crippen MR) is 52.5 cm³/mol. The summed E-state index contributed by atoms with van der Waals surface area (Å²) in [5.74, 6) is 0.873. The molecule has 0 aromatic carbocycles. The fraction of sp³-hybridized carbons (Fsp3) is 1.00. The Morgan fingerprint density at radius 3 is 1.70 bits per heavy atom. The summed E-state index contributed by atoms with van der Waals surface area (Å²) in [7, 11) is 3.93. The van der Waals surface area contributed by atoms with E-state index in [0.717, 1.165) is 5.92 Å². The standard InChI is InChI=1S/C8H16S2/c1-6-7(2,3)8(6,4)10-9-5/h6H,1-5H3. The highest BCUT2D eigenvalue weighted by atomic mass is 33.1. The molecule has 0 nitrogen and oxygen atoms in total. The van der Waals surface area contributed by atoms with Crippen LogP contribution in [-0.4, -0.2) is 11.0 Å². The first-order valence-electron chi connectivity index (χ1n) is 3.68. The van der Waals surface area contributed by atoms with Crippen LogP contribution in [0.25, 0.3) is 0 Å². The zero-order valence-corrected chi connectivity index (χ0v) is 9.03. The Morgan fingerprint density at radius 1 is 1.20 bits per heavy atom. The molecular weight excluding hydrogens is 160 g/mol. The van der Waals surface area contributed by atoms with Crippen LogP contribution in [-0.2, 0) is 0 Å². The van der Waals surface area contributed by atoms with E-state index >= 15 is 0 Å². The van der Waals surface area contributed by atoms with E-state index in [4.69, 9.17) is 0 Å². The van der Waals surface area contributed by atoms with Gasteiger partial charge < -0.3 is 0 Å². The zero-order chi connectivity index (χ0) is 7.99. The average Bonchev–Trinajstić information content (AvgIpc) is 2.17. The van der Waals surface area contributed by atoms with E-state index in [1.807, 2.05) is 21.6 Å². The van der Waals surface area contributed by atoms with Gasteiger partial charge in [0.25, 0.3) is 0 Å². The molecule has 0 spiro atoms. The molecule has 2 heteroatoms. The zero-order valence-electron chi connectivity index (χ0n) is 7.39. The first kappa shape index (κ1) is 8.79. The molecule has 1 saturated carbocycles. The van der Waals surface area contributed by atoms with E-state index in [0.29, 0.717) is 10.2 Å². The van der Waals surface area contributed by atoms with E-state index in [2.05, 4.69) is 34.0 Å². The van der Waals surface area contributed by atoms with Gasteiger partial charge in [-0.25, -0.2) is 0 Å². The molecule has 0 radical (unpaired) electrons. The molecular formula is C8H16S2. The van der Waals surface area contributed by atoms with Crippen LogP contribution < -0.4 is 0 Å². The second-order valence-electron chi connectivity index (χ2n) is 3.80. The largest absolute Gasteiger partial charge is 0.0970 e. The van der Waals surface area contributed by atoms with E-state index in [9.17, 15) is 0 Å². The topological polar surface area (TPSA) is 0 Å². The number of rotatable bonds is 2. The van der Waals surface area contributed by atoms with Gasteiger partial charge in [-0.1, -0.05) is 42.4 Å². The third kappa shape index (κ3) is 0.918. The van der Waals surface area contributed by atoms with Crippen LogP contribution in [0.4, 0.5) is 0 Å². The highest BCUT2D eigenvalue weighted by Crippen LogP contribution is 2.70. The molecule has 0 N–H and O–H groups in total. The van der Waals surface area contributed by atoms with Crippen molar-refractivity contribution in [2.45, 2.75) is 32.4 Å². The van der Waals surface area contributed by atoms with Crippen molar-refractivity contribution in [1.82, 2.24) is 0 Å². The van der Waals surface area contributed by atoms with Crippen molar-refractivity contribution in [3.8, 4) is 0 Å². The van der Waals surface area contributed by atoms with E-state index < -0.39 is 0 Å². The summed E-state index contributed by atoms with van der Waals surface area (Å²) in [6.07, 6.45) is 2.16. The predicted octanol–water partition coefficient (Wildman–Crippen LogP) is 3.43. The molecule has 10 heavy (non-hydrogen) atoms. The lowest BCUT2D eigenvalue weighted by molar-refractivity contribution is 0.570. The van der Waals surface area contributed by atoms with E-state index in [-0.39, 0.29) is 0 Å². The molecule has 0 saturated heterocycles. The van der Waals surface area contributed by atoms with Crippen LogP contribution in [0.5, 0.6) is 0 Å². The van der Waals surface area contributed by atoms with Crippen LogP contribution in [0.3, 0.4) is 0 Å². The van der Waals surface area contributed by atoms with Crippen LogP contribution in [0, 0.1) is 11.3 Å². The quantitative estimate of drug-likeness (QED) is 0.591. The minimum atomic E-state index is 0.534. The smallest absolute Gasteiger partial charge is 0.0320 e. The maximum Gasteiger partial charge on any atom is 0.0320 e. The van der Waals surface area contributed by atoms with Gasteiger partial charge in [0, 0.05) is 4.75 Å². The fourth-order valence-electron chi connectivity index (χ4n) is 1.58. The lowest BCUT2D eigenvalue weighted by Gasteiger charge is -2.10. The minimum Gasteiger partial charge on any atom is -0.0970 e. The third-order valence-corrected chi connectivity index (χ3v) is 6.29. The van der Waals surface area contributed by atoms with Crippen molar-refractivity contribution in [2.24, 2.45) is 11.3 Å². The Kier molecular flexibility index (Phi) is 2.06.